The summed E-state index contributed by atoms with van der Waals surface area (Å²) >= 11 is 1.78. The van der Waals surface area contributed by atoms with Crippen LogP contribution in [0, 0.1) is 6.92 Å². The van der Waals surface area contributed by atoms with Crippen LogP contribution in [0.25, 0.3) is 0 Å². The zero-order valence-corrected chi connectivity index (χ0v) is 7.39. The van der Waals surface area contributed by atoms with Gasteiger partial charge in [0.05, 0.1) is 0 Å². The second-order valence-electron chi connectivity index (χ2n) is 1.67. The molecule has 1 heterocycles. The molecule has 0 saturated heterocycles. The van der Waals surface area contributed by atoms with Crippen LogP contribution in [0.15, 0.2) is 17.5 Å². The average molecular weight is 196 g/mol. The van der Waals surface area contributed by atoms with Gasteiger partial charge in [0, 0.05) is 4.88 Å². The van der Waals surface area contributed by atoms with Gasteiger partial charge in [-0.1, -0.05) is 6.07 Å². The molecule has 0 aromatic carbocycles. The molecule has 6 heteroatoms. The topological polar surface area (TPSA) is 74.6 Å². The first kappa shape index (κ1) is 10.6. The quantitative estimate of drug-likeness (QED) is 0.615. The predicted molar refractivity (Wildman–Crippen MR) is 43.2 cm³/mol. The summed E-state index contributed by atoms with van der Waals surface area (Å²) in [6, 6.07) is 4.16. The minimum absolute atomic E-state index is 1.38. The van der Waals surface area contributed by atoms with Gasteiger partial charge in [0.15, 0.2) is 0 Å². The molecule has 0 aliphatic rings. The van der Waals surface area contributed by atoms with E-state index in [-0.39, 0.29) is 0 Å². The third-order valence-electron chi connectivity index (χ3n) is 0.663. The number of aryl methyl sites for hydroxylation is 1. The van der Waals surface area contributed by atoms with Gasteiger partial charge < -0.3 is 0 Å². The van der Waals surface area contributed by atoms with Gasteiger partial charge in [-0.3, -0.25) is 9.11 Å². The van der Waals surface area contributed by atoms with Crippen LogP contribution in [0.2, 0.25) is 0 Å². The van der Waals surface area contributed by atoms with Crippen LogP contribution < -0.4 is 0 Å². The fourth-order valence-corrected chi connectivity index (χ4v) is 0.890. The van der Waals surface area contributed by atoms with Crippen molar-refractivity contribution in [3.63, 3.8) is 0 Å². The molecular formula is C5H8O4S2. The smallest absolute Gasteiger partial charge is 0.264 e. The van der Waals surface area contributed by atoms with Gasteiger partial charge in [-0.05, 0) is 18.4 Å². The molecule has 1 aromatic rings. The summed E-state index contributed by atoms with van der Waals surface area (Å²) in [6.45, 7) is 2.10. The molecule has 1 aromatic heterocycles. The summed E-state index contributed by atoms with van der Waals surface area (Å²) in [4.78, 5) is 1.38. The van der Waals surface area contributed by atoms with E-state index in [0.29, 0.717) is 0 Å². The molecule has 0 saturated carbocycles. The highest BCUT2D eigenvalue weighted by Gasteiger charge is 1.84. The lowest BCUT2D eigenvalue weighted by Crippen LogP contribution is -1.89. The van der Waals surface area contributed by atoms with Crippen molar-refractivity contribution in [2.75, 3.05) is 0 Å². The summed E-state index contributed by atoms with van der Waals surface area (Å²) < 4.78 is 31.6. The van der Waals surface area contributed by atoms with E-state index in [4.69, 9.17) is 17.5 Å². The molecule has 0 atom stereocenters. The van der Waals surface area contributed by atoms with Crippen molar-refractivity contribution in [3.05, 3.63) is 22.4 Å². The van der Waals surface area contributed by atoms with Gasteiger partial charge in [-0.25, -0.2) is 0 Å². The van der Waals surface area contributed by atoms with E-state index >= 15 is 0 Å². The fourth-order valence-electron chi connectivity index (χ4n) is 0.361. The highest BCUT2D eigenvalue weighted by atomic mass is 32.3. The molecule has 0 bridgehead atoms. The van der Waals surface area contributed by atoms with Gasteiger partial charge >= 0.3 is 10.4 Å². The zero-order valence-electron chi connectivity index (χ0n) is 5.76. The van der Waals surface area contributed by atoms with Crippen LogP contribution in [-0.2, 0) is 10.4 Å². The molecule has 2 N–H and O–H groups in total. The van der Waals surface area contributed by atoms with Crippen molar-refractivity contribution < 1.29 is 17.5 Å². The van der Waals surface area contributed by atoms with Gasteiger partial charge in [0.1, 0.15) is 0 Å². The summed E-state index contributed by atoms with van der Waals surface area (Å²) in [5, 5.41) is 2.08. The van der Waals surface area contributed by atoms with Crippen LogP contribution >= 0.6 is 11.3 Å². The number of thiophene rings is 1. The predicted octanol–water partition coefficient (Wildman–Crippen LogP) is 1.40. The van der Waals surface area contributed by atoms with Crippen LogP contribution in [0.4, 0.5) is 0 Å². The highest BCUT2D eigenvalue weighted by Crippen LogP contribution is 2.03. The Kier molecular flexibility index (Phi) is 4.27. The number of rotatable bonds is 0. The van der Waals surface area contributed by atoms with E-state index in [0.717, 1.165) is 0 Å². The van der Waals surface area contributed by atoms with E-state index in [1.165, 1.54) is 4.88 Å². The van der Waals surface area contributed by atoms with Crippen LogP contribution in [0.1, 0.15) is 4.88 Å². The Bertz CT molecular complexity index is 265. The first-order chi connectivity index (χ1) is 4.89. The van der Waals surface area contributed by atoms with Gasteiger partial charge in [0.2, 0.25) is 0 Å². The van der Waals surface area contributed by atoms with Crippen molar-refractivity contribution in [1.82, 2.24) is 0 Å². The SMILES string of the molecule is Cc1cccs1.O=S(=O)(O)O. The third kappa shape index (κ3) is 12.7. The van der Waals surface area contributed by atoms with Gasteiger partial charge in [-0.15, -0.1) is 11.3 Å². The van der Waals surface area contributed by atoms with E-state index in [9.17, 15) is 0 Å². The summed E-state index contributed by atoms with van der Waals surface area (Å²) in [5.74, 6) is 0. The lowest BCUT2D eigenvalue weighted by atomic mass is 10.5. The minimum Gasteiger partial charge on any atom is -0.264 e. The van der Waals surface area contributed by atoms with Gasteiger partial charge in [-0.2, -0.15) is 8.42 Å². The number of hydrogen-bond acceptors (Lipinski definition) is 3. The largest absolute Gasteiger partial charge is 0.394 e. The summed E-state index contributed by atoms with van der Waals surface area (Å²) in [7, 11) is -4.67. The summed E-state index contributed by atoms with van der Waals surface area (Å²) in [5.41, 5.74) is 0. The second-order valence-corrected chi connectivity index (χ2v) is 3.72. The molecule has 64 valence electrons. The lowest BCUT2D eigenvalue weighted by molar-refractivity contribution is 0.381. The van der Waals surface area contributed by atoms with Crippen molar-refractivity contribution >= 4 is 21.7 Å². The Morgan fingerprint density at radius 1 is 1.45 bits per heavy atom. The van der Waals surface area contributed by atoms with E-state index in [1.54, 1.807) is 11.3 Å². The maximum Gasteiger partial charge on any atom is 0.394 e. The maximum atomic E-state index is 8.74. The van der Waals surface area contributed by atoms with E-state index < -0.39 is 10.4 Å². The average Bonchev–Trinajstić information content (AvgIpc) is 2.12. The Hall–Kier alpha value is -0.430. The molecule has 0 radical (unpaired) electrons. The van der Waals surface area contributed by atoms with Gasteiger partial charge in [0.25, 0.3) is 0 Å². The number of hydrogen-bond donors (Lipinski definition) is 2. The lowest BCUT2D eigenvalue weighted by Gasteiger charge is -1.68. The first-order valence-corrected chi connectivity index (χ1v) is 4.87. The first-order valence-electron chi connectivity index (χ1n) is 2.59. The zero-order chi connectivity index (χ0) is 8.91. The molecule has 11 heavy (non-hydrogen) atoms. The second kappa shape index (κ2) is 4.45. The molecule has 4 nitrogen and oxygen atoms in total. The van der Waals surface area contributed by atoms with Crippen molar-refractivity contribution in [1.29, 1.82) is 0 Å². The Balaban J connectivity index is 0.000000187. The van der Waals surface area contributed by atoms with Crippen LogP contribution in [0.5, 0.6) is 0 Å². The molecule has 0 amide bonds. The Morgan fingerprint density at radius 3 is 2.00 bits per heavy atom. The summed E-state index contributed by atoms with van der Waals surface area (Å²) in [6.07, 6.45) is 0. The fraction of sp³-hybridized carbons (Fsp3) is 0.200. The molecule has 1 rings (SSSR count). The monoisotopic (exact) mass is 196 g/mol. The maximum absolute atomic E-state index is 8.74. The molecule has 0 spiro atoms. The van der Waals surface area contributed by atoms with Crippen molar-refractivity contribution in [3.8, 4) is 0 Å². The molecule has 0 fully saturated rings. The Morgan fingerprint density at radius 2 is 1.91 bits per heavy atom. The molecule has 0 aliphatic heterocycles. The van der Waals surface area contributed by atoms with Crippen molar-refractivity contribution in [2.24, 2.45) is 0 Å². The molecule has 0 unspecified atom stereocenters. The van der Waals surface area contributed by atoms with Crippen molar-refractivity contribution in [2.45, 2.75) is 6.92 Å². The highest BCUT2D eigenvalue weighted by molar-refractivity contribution is 7.79. The van der Waals surface area contributed by atoms with Crippen LogP contribution in [0.3, 0.4) is 0 Å². The Labute approximate surface area is 69.1 Å². The van der Waals surface area contributed by atoms with E-state index in [2.05, 4.69) is 24.4 Å². The normalized spacial score (nSPS) is 10.1. The standard InChI is InChI=1S/C5H6S.H2O4S/c1-5-3-2-4-6-5;1-5(2,3)4/h2-4H,1H3;(H2,1,2,3,4). The molecular weight excluding hydrogens is 188 g/mol. The van der Waals surface area contributed by atoms with Crippen LogP contribution in [-0.4, -0.2) is 17.5 Å². The minimum atomic E-state index is -4.67. The van der Waals surface area contributed by atoms with E-state index in [1.807, 2.05) is 0 Å². The molecule has 0 aliphatic carbocycles. The third-order valence-corrected chi connectivity index (χ3v) is 1.46.